The number of rotatable bonds is 11. The highest BCUT2D eigenvalue weighted by molar-refractivity contribution is 5.90. The first-order valence-corrected chi connectivity index (χ1v) is 10.9. The molecule has 9 nitrogen and oxygen atoms in total. The first-order valence-electron chi connectivity index (χ1n) is 10.9. The highest BCUT2D eigenvalue weighted by Crippen LogP contribution is 2.23. The molecule has 9 heteroatoms. The Balaban J connectivity index is 3.17. The molecule has 1 fully saturated rings. The van der Waals surface area contributed by atoms with Crippen LogP contribution in [-0.2, 0) is 19.1 Å². The van der Waals surface area contributed by atoms with Gasteiger partial charge in [0.15, 0.2) is 0 Å². The van der Waals surface area contributed by atoms with E-state index in [1.165, 1.54) is 0 Å². The molecule has 2 unspecified atom stereocenters. The molecule has 5 atom stereocenters. The molecule has 1 rings (SSSR count). The van der Waals surface area contributed by atoms with Crippen molar-refractivity contribution in [3.05, 3.63) is 12.7 Å². The Bertz CT molecular complexity index is 632. The normalized spacial score (nSPS) is 21.8. The molecule has 0 radical (unpaired) electrons. The summed E-state index contributed by atoms with van der Waals surface area (Å²) >= 11 is 0. The number of aliphatic hydroxyl groups is 1. The molecule has 0 aromatic rings. The molecule has 3 N–H and O–H groups in total. The number of ether oxygens (including phenoxy) is 2. The van der Waals surface area contributed by atoms with Gasteiger partial charge < -0.3 is 29.9 Å². The fourth-order valence-electron chi connectivity index (χ4n) is 3.54. The third-order valence-electron chi connectivity index (χ3n) is 4.91. The van der Waals surface area contributed by atoms with Crippen LogP contribution in [0.1, 0.15) is 66.7 Å². The zero-order valence-electron chi connectivity index (χ0n) is 19.3. The molecule has 1 aliphatic rings. The van der Waals surface area contributed by atoms with Gasteiger partial charge >= 0.3 is 12.1 Å². The van der Waals surface area contributed by atoms with Gasteiger partial charge in [0.25, 0.3) is 0 Å². The van der Waals surface area contributed by atoms with E-state index in [9.17, 15) is 24.6 Å². The van der Waals surface area contributed by atoms with Crippen LogP contribution >= 0.6 is 0 Å². The third kappa shape index (κ3) is 8.86. The van der Waals surface area contributed by atoms with Crippen molar-refractivity contribution in [1.29, 1.82) is 0 Å². The van der Waals surface area contributed by atoms with Gasteiger partial charge in [0.2, 0.25) is 5.91 Å². The smallest absolute Gasteiger partial charge is 0.408 e. The molecule has 31 heavy (non-hydrogen) atoms. The molecule has 0 aromatic carbocycles. The molecule has 2 amide bonds. The van der Waals surface area contributed by atoms with Crippen LogP contribution in [0.25, 0.3) is 0 Å². The predicted octanol–water partition coefficient (Wildman–Crippen LogP) is 2.47. The monoisotopic (exact) mass is 442 g/mol. The second-order valence-corrected chi connectivity index (χ2v) is 9.00. The maximum Gasteiger partial charge on any atom is 0.408 e. The van der Waals surface area contributed by atoms with Gasteiger partial charge in [0.1, 0.15) is 17.7 Å². The zero-order valence-corrected chi connectivity index (χ0v) is 19.3. The summed E-state index contributed by atoms with van der Waals surface area (Å²) in [7, 11) is 0. The van der Waals surface area contributed by atoms with Crippen molar-refractivity contribution in [3.8, 4) is 0 Å². The molecule has 1 heterocycles. The Morgan fingerprint density at radius 1 is 1.29 bits per heavy atom. The summed E-state index contributed by atoms with van der Waals surface area (Å²) < 4.78 is 11.4. The minimum absolute atomic E-state index is 0.0602. The van der Waals surface area contributed by atoms with Crippen LogP contribution in [-0.4, -0.2) is 75.6 Å². The van der Waals surface area contributed by atoms with E-state index in [1.807, 2.05) is 13.8 Å². The van der Waals surface area contributed by atoms with E-state index in [0.717, 1.165) is 11.3 Å². The highest BCUT2D eigenvalue weighted by atomic mass is 16.6. The summed E-state index contributed by atoms with van der Waals surface area (Å²) in [6.07, 6.45) is 1.68. The van der Waals surface area contributed by atoms with Crippen LogP contribution < -0.4 is 5.32 Å². The van der Waals surface area contributed by atoms with Crippen molar-refractivity contribution in [3.63, 3.8) is 0 Å². The predicted molar refractivity (Wildman–Crippen MR) is 116 cm³/mol. The summed E-state index contributed by atoms with van der Waals surface area (Å²) in [5.74, 6) is -1.81. The summed E-state index contributed by atoms with van der Waals surface area (Å²) in [6.45, 7) is 12.5. The van der Waals surface area contributed by atoms with Crippen LogP contribution in [0, 0.1) is 0 Å². The average Bonchev–Trinajstić information content (AvgIpc) is 3.04. The number of likely N-dealkylation sites (tertiary alicyclic amines) is 1. The van der Waals surface area contributed by atoms with Crippen molar-refractivity contribution < 1.29 is 34.1 Å². The largest absolute Gasteiger partial charge is 0.480 e. The van der Waals surface area contributed by atoms with Gasteiger partial charge in [-0.25, -0.2) is 9.59 Å². The summed E-state index contributed by atoms with van der Waals surface area (Å²) in [5.41, 5.74) is -0.774. The van der Waals surface area contributed by atoms with Gasteiger partial charge in [-0.1, -0.05) is 19.4 Å². The molecule has 0 spiro atoms. The fraction of sp³-hybridized carbons (Fsp3) is 0.773. The van der Waals surface area contributed by atoms with E-state index in [1.54, 1.807) is 26.8 Å². The lowest BCUT2D eigenvalue weighted by atomic mass is 10.0. The number of carboxylic acid groups (broad SMARTS) is 1. The maximum absolute atomic E-state index is 13.4. The van der Waals surface area contributed by atoms with Gasteiger partial charge in [-0.05, 0) is 47.0 Å². The molecule has 178 valence electrons. The van der Waals surface area contributed by atoms with Gasteiger partial charge in [0.05, 0.1) is 18.3 Å². The zero-order chi connectivity index (χ0) is 23.8. The minimum Gasteiger partial charge on any atom is -0.480 e. The number of aliphatic hydroxyl groups excluding tert-OH is 1. The standard InChI is InChI=1S/C22H38N2O7/c1-7-9-11-14(3)30-17(10-8-2)18(23-21(29)31-22(4,5)6)19(26)24-13-15(25)12-16(24)20(27)28/h7,14-18,25H,1,8-13H2,2-6H3,(H,23,29)(H,27,28)/t14-,15?,16?,17+,18+/m1/s1. The van der Waals surface area contributed by atoms with Crippen LogP contribution in [0.2, 0.25) is 0 Å². The van der Waals surface area contributed by atoms with Crippen LogP contribution in [0.4, 0.5) is 4.79 Å². The third-order valence-corrected chi connectivity index (χ3v) is 4.91. The van der Waals surface area contributed by atoms with Gasteiger partial charge in [-0.2, -0.15) is 0 Å². The van der Waals surface area contributed by atoms with E-state index in [0.29, 0.717) is 19.3 Å². The lowest BCUT2D eigenvalue weighted by Crippen LogP contribution is -2.58. The van der Waals surface area contributed by atoms with Crippen molar-refractivity contribution >= 4 is 18.0 Å². The van der Waals surface area contributed by atoms with E-state index in [-0.39, 0.29) is 19.1 Å². The first kappa shape index (κ1) is 26.9. The van der Waals surface area contributed by atoms with Crippen molar-refractivity contribution in [1.82, 2.24) is 10.2 Å². The lowest BCUT2D eigenvalue weighted by molar-refractivity contribution is -0.151. The average molecular weight is 443 g/mol. The quantitative estimate of drug-likeness (QED) is 0.420. The number of nitrogens with zero attached hydrogens (tertiary/aromatic N) is 1. The lowest BCUT2D eigenvalue weighted by Gasteiger charge is -2.34. The molecular weight excluding hydrogens is 404 g/mol. The van der Waals surface area contributed by atoms with Crippen molar-refractivity contribution in [2.75, 3.05) is 6.54 Å². The second-order valence-electron chi connectivity index (χ2n) is 9.00. The van der Waals surface area contributed by atoms with Gasteiger partial charge in [0, 0.05) is 13.0 Å². The number of β-amino-alcohol motifs (C(OH)–C–C–N with tert-alkyl or cyclic N) is 1. The van der Waals surface area contributed by atoms with E-state index in [2.05, 4.69) is 11.9 Å². The fourth-order valence-corrected chi connectivity index (χ4v) is 3.54. The number of aliphatic carboxylic acids is 1. The van der Waals surface area contributed by atoms with E-state index < -0.39 is 47.9 Å². The number of allylic oxidation sites excluding steroid dienone is 1. The van der Waals surface area contributed by atoms with Gasteiger partial charge in [-0.15, -0.1) is 6.58 Å². The molecule has 1 aliphatic heterocycles. The molecule has 1 saturated heterocycles. The first-order chi connectivity index (χ1) is 14.4. The summed E-state index contributed by atoms with van der Waals surface area (Å²) in [4.78, 5) is 38.6. The molecule has 0 saturated carbocycles. The van der Waals surface area contributed by atoms with E-state index >= 15 is 0 Å². The number of hydrogen-bond acceptors (Lipinski definition) is 6. The molecule has 0 aromatic heterocycles. The highest BCUT2D eigenvalue weighted by Gasteiger charge is 2.44. The number of amides is 2. The van der Waals surface area contributed by atoms with Crippen LogP contribution in [0.5, 0.6) is 0 Å². The topological polar surface area (TPSA) is 125 Å². The Labute approximate surface area is 184 Å². The maximum atomic E-state index is 13.4. The van der Waals surface area contributed by atoms with E-state index in [4.69, 9.17) is 9.47 Å². The number of nitrogens with one attached hydrogen (secondary N) is 1. The van der Waals surface area contributed by atoms with Crippen LogP contribution in [0.3, 0.4) is 0 Å². The number of carbonyl (C=O) groups is 3. The Morgan fingerprint density at radius 2 is 1.94 bits per heavy atom. The van der Waals surface area contributed by atoms with Crippen molar-refractivity contribution in [2.45, 2.75) is 103 Å². The number of hydrogen-bond donors (Lipinski definition) is 3. The SMILES string of the molecule is C=CCC[C@@H](C)O[C@@H](CCC)[C@H](NC(=O)OC(C)(C)C)C(=O)N1CC(O)CC1C(=O)O. The Kier molecular flexibility index (Phi) is 10.5. The number of carboxylic acids is 1. The number of carbonyl (C=O) groups excluding carboxylic acids is 2. The summed E-state index contributed by atoms with van der Waals surface area (Å²) in [5, 5.41) is 22.1. The Hall–Kier alpha value is -2.13. The summed E-state index contributed by atoms with van der Waals surface area (Å²) in [6, 6.07) is -2.31. The molecule has 0 aliphatic carbocycles. The van der Waals surface area contributed by atoms with Crippen LogP contribution in [0.15, 0.2) is 12.7 Å². The Morgan fingerprint density at radius 3 is 2.45 bits per heavy atom. The van der Waals surface area contributed by atoms with Crippen molar-refractivity contribution in [2.24, 2.45) is 0 Å². The molecular formula is C22H38N2O7. The molecule has 0 bridgehead atoms. The van der Waals surface area contributed by atoms with Gasteiger partial charge in [-0.3, -0.25) is 4.79 Å². The second kappa shape index (κ2) is 12.0. The minimum atomic E-state index is -1.20. The number of alkyl carbamates (subject to hydrolysis) is 1.